The maximum absolute atomic E-state index is 13.5. The molecular weight excluding hydrogens is 577 g/mol. The Kier molecular flexibility index (Phi) is 8.68. The molecule has 0 saturated carbocycles. The summed E-state index contributed by atoms with van der Waals surface area (Å²) in [6.07, 6.45) is -4.60. The number of alkyl halides is 3. The van der Waals surface area contributed by atoms with E-state index in [2.05, 4.69) is 10.6 Å². The number of benzene rings is 5. The molecule has 5 nitrogen and oxygen atoms in total. The Morgan fingerprint density at radius 3 is 2.28 bits per heavy atom. The van der Waals surface area contributed by atoms with Crippen molar-refractivity contribution in [3.63, 3.8) is 0 Å². The average molecular weight is 603 g/mol. The SMILES string of the molecule is O=C(NC(Cc1ccc(-c2ccccc2C(F)(F)F)cc1)C(=O)O)c1cc(Cl)ccc1NCc1cccc2ccccc12. The van der Waals surface area contributed by atoms with Gasteiger partial charge in [0, 0.05) is 23.7 Å². The van der Waals surface area contributed by atoms with Gasteiger partial charge in [-0.15, -0.1) is 0 Å². The van der Waals surface area contributed by atoms with Gasteiger partial charge in [0.1, 0.15) is 6.04 Å². The molecule has 218 valence electrons. The molecule has 0 aliphatic rings. The van der Waals surface area contributed by atoms with Gasteiger partial charge in [0.25, 0.3) is 5.91 Å². The summed E-state index contributed by atoms with van der Waals surface area (Å²) in [5.41, 5.74) is 1.81. The number of rotatable bonds is 9. The number of nitrogens with one attached hydrogen (secondary N) is 2. The maximum atomic E-state index is 13.5. The van der Waals surface area contributed by atoms with Gasteiger partial charge in [-0.2, -0.15) is 13.2 Å². The van der Waals surface area contributed by atoms with Gasteiger partial charge in [-0.3, -0.25) is 4.79 Å². The topological polar surface area (TPSA) is 78.4 Å². The largest absolute Gasteiger partial charge is 0.480 e. The monoisotopic (exact) mass is 602 g/mol. The number of hydrogen-bond donors (Lipinski definition) is 3. The van der Waals surface area contributed by atoms with Crippen LogP contribution in [0.2, 0.25) is 5.02 Å². The summed E-state index contributed by atoms with van der Waals surface area (Å²) in [4.78, 5) is 25.5. The van der Waals surface area contributed by atoms with Gasteiger partial charge in [0.05, 0.1) is 11.1 Å². The molecule has 0 aliphatic heterocycles. The van der Waals surface area contributed by atoms with Crippen LogP contribution < -0.4 is 10.6 Å². The molecule has 5 aromatic rings. The van der Waals surface area contributed by atoms with Crippen molar-refractivity contribution in [2.24, 2.45) is 0 Å². The first-order chi connectivity index (χ1) is 20.6. The molecule has 0 saturated heterocycles. The summed E-state index contributed by atoms with van der Waals surface area (Å²) < 4.78 is 40.4. The minimum Gasteiger partial charge on any atom is -0.480 e. The van der Waals surface area contributed by atoms with Gasteiger partial charge in [0.15, 0.2) is 0 Å². The van der Waals surface area contributed by atoms with Crippen LogP contribution in [-0.4, -0.2) is 23.0 Å². The lowest BCUT2D eigenvalue weighted by atomic mass is 9.97. The van der Waals surface area contributed by atoms with E-state index in [-0.39, 0.29) is 17.5 Å². The van der Waals surface area contributed by atoms with Crippen molar-refractivity contribution in [3.8, 4) is 11.1 Å². The van der Waals surface area contributed by atoms with Crippen molar-refractivity contribution in [2.45, 2.75) is 25.2 Å². The van der Waals surface area contributed by atoms with Crippen molar-refractivity contribution in [1.82, 2.24) is 5.32 Å². The first kappa shape index (κ1) is 29.7. The summed E-state index contributed by atoms with van der Waals surface area (Å²) in [5, 5.41) is 18.2. The Morgan fingerprint density at radius 1 is 0.837 bits per heavy atom. The lowest BCUT2D eigenvalue weighted by Gasteiger charge is -2.18. The molecule has 9 heteroatoms. The molecular formula is C34H26ClF3N2O3. The zero-order valence-electron chi connectivity index (χ0n) is 22.7. The van der Waals surface area contributed by atoms with Crippen molar-refractivity contribution in [3.05, 3.63) is 136 Å². The van der Waals surface area contributed by atoms with E-state index in [9.17, 15) is 27.9 Å². The molecule has 0 aromatic heterocycles. The number of amides is 1. The third-order valence-electron chi connectivity index (χ3n) is 7.12. The van der Waals surface area contributed by atoms with E-state index in [0.29, 0.717) is 28.4 Å². The molecule has 5 rings (SSSR count). The standard InChI is InChI=1S/C34H26ClF3N2O3/c35-25-16-17-30(39-20-24-8-5-7-22-6-1-2-9-26(22)24)28(19-25)32(41)40-31(33(42)43)18-21-12-14-23(15-13-21)27-10-3-4-11-29(27)34(36,37)38/h1-17,19,31,39H,18,20H2,(H,40,41)(H,42,43). The second-order valence-electron chi connectivity index (χ2n) is 9.99. The Labute approximate surface area is 250 Å². The Balaban J connectivity index is 1.32. The van der Waals surface area contributed by atoms with Crippen LogP contribution in [0.3, 0.4) is 0 Å². The van der Waals surface area contributed by atoms with Gasteiger partial charge in [-0.1, -0.05) is 96.5 Å². The van der Waals surface area contributed by atoms with Crippen LogP contribution in [0.25, 0.3) is 21.9 Å². The highest BCUT2D eigenvalue weighted by Crippen LogP contribution is 2.37. The fraction of sp³-hybridized carbons (Fsp3) is 0.118. The van der Waals surface area contributed by atoms with E-state index >= 15 is 0 Å². The first-order valence-corrected chi connectivity index (χ1v) is 13.8. The second kappa shape index (κ2) is 12.6. The smallest absolute Gasteiger partial charge is 0.417 e. The second-order valence-corrected chi connectivity index (χ2v) is 10.4. The quantitative estimate of drug-likeness (QED) is 0.159. The minimum absolute atomic E-state index is 0.0223. The predicted octanol–water partition coefficient (Wildman–Crippen LogP) is 8.22. The van der Waals surface area contributed by atoms with Gasteiger partial charge in [0.2, 0.25) is 0 Å². The van der Waals surface area contributed by atoms with Crippen LogP contribution in [0.4, 0.5) is 18.9 Å². The van der Waals surface area contributed by atoms with Gasteiger partial charge in [-0.05, 0) is 57.3 Å². The fourth-order valence-electron chi connectivity index (χ4n) is 4.97. The molecule has 0 fully saturated rings. The van der Waals surface area contributed by atoms with Gasteiger partial charge < -0.3 is 15.7 Å². The van der Waals surface area contributed by atoms with Crippen molar-refractivity contribution in [2.75, 3.05) is 5.32 Å². The number of aliphatic carboxylic acids is 1. The van der Waals surface area contributed by atoms with E-state index in [1.165, 1.54) is 36.4 Å². The van der Waals surface area contributed by atoms with Gasteiger partial charge >= 0.3 is 12.1 Å². The summed E-state index contributed by atoms with van der Waals surface area (Å²) in [6.45, 7) is 0.412. The van der Waals surface area contributed by atoms with Crippen molar-refractivity contribution in [1.29, 1.82) is 0 Å². The number of carbonyl (C=O) groups is 2. The summed E-state index contributed by atoms with van der Waals surface area (Å²) in [6, 6.07) is 28.7. The summed E-state index contributed by atoms with van der Waals surface area (Å²) >= 11 is 6.20. The molecule has 0 bridgehead atoms. The van der Waals surface area contributed by atoms with E-state index in [1.807, 2.05) is 42.5 Å². The zero-order chi connectivity index (χ0) is 30.6. The molecule has 1 unspecified atom stereocenters. The fourth-order valence-corrected chi connectivity index (χ4v) is 5.14. The highest BCUT2D eigenvalue weighted by Gasteiger charge is 2.33. The number of anilines is 1. The molecule has 0 spiro atoms. The molecule has 0 heterocycles. The third-order valence-corrected chi connectivity index (χ3v) is 7.35. The molecule has 1 amide bonds. The highest BCUT2D eigenvalue weighted by atomic mass is 35.5. The Hall–Kier alpha value is -4.82. The third kappa shape index (κ3) is 6.98. The number of hydrogen-bond acceptors (Lipinski definition) is 3. The number of halogens is 4. The van der Waals surface area contributed by atoms with Crippen LogP contribution in [0.15, 0.2) is 109 Å². The predicted molar refractivity (Wildman–Crippen MR) is 162 cm³/mol. The van der Waals surface area contributed by atoms with Crippen molar-refractivity contribution >= 4 is 39.9 Å². The number of carboxylic acid groups (broad SMARTS) is 1. The van der Waals surface area contributed by atoms with Crippen LogP contribution in [0.5, 0.6) is 0 Å². The molecule has 43 heavy (non-hydrogen) atoms. The summed E-state index contributed by atoms with van der Waals surface area (Å²) in [5.74, 6) is -1.89. The van der Waals surface area contributed by atoms with E-state index in [0.717, 1.165) is 22.4 Å². The van der Waals surface area contributed by atoms with E-state index in [1.54, 1.807) is 24.3 Å². The molecule has 3 N–H and O–H groups in total. The number of carbonyl (C=O) groups excluding carboxylic acids is 1. The van der Waals surface area contributed by atoms with E-state index < -0.39 is 29.7 Å². The Bertz CT molecular complexity index is 1780. The minimum atomic E-state index is -4.52. The van der Waals surface area contributed by atoms with E-state index in [4.69, 9.17) is 11.6 Å². The number of fused-ring (bicyclic) bond motifs is 1. The normalized spacial score (nSPS) is 12.1. The average Bonchev–Trinajstić information content (AvgIpc) is 3.00. The Morgan fingerprint density at radius 2 is 1.53 bits per heavy atom. The van der Waals surface area contributed by atoms with Crippen LogP contribution in [-0.2, 0) is 23.9 Å². The molecule has 1 atom stereocenters. The lowest BCUT2D eigenvalue weighted by molar-refractivity contribution is -0.139. The molecule has 0 radical (unpaired) electrons. The van der Waals surface area contributed by atoms with Crippen molar-refractivity contribution < 1.29 is 27.9 Å². The van der Waals surface area contributed by atoms with Crippen LogP contribution in [0, 0.1) is 0 Å². The van der Waals surface area contributed by atoms with Crippen LogP contribution >= 0.6 is 11.6 Å². The highest BCUT2D eigenvalue weighted by molar-refractivity contribution is 6.31. The lowest BCUT2D eigenvalue weighted by Crippen LogP contribution is -2.42. The summed E-state index contributed by atoms with van der Waals surface area (Å²) in [7, 11) is 0. The number of carboxylic acids is 1. The molecule has 0 aliphatic carbocycles. The maximum Gasteiger partial charge on any atom is 0.417 e. The zero-order valence-corrected chi connectivity index (χ0v) is 23.4. The van der Waals surface area contributed by atoms with Gasteiger partial charge in [-0.25, -0.2) is 4.79 Å². The molecule has 5 aromatic carbocycles. The first-order valence-electron chi connectivity index (χ1n) is 13.4. The van der Waals surface area contributed by atoms with Crippen LogP contribution in [0.1, 0.15) is 27.0 Å².